The second-order valence-electron chi connectivity index (χ2n) is 10.8. The molecule has 0 spiro atoms. The minimum atomic E-state index is -0.0534. The fraction of sp³-hybridized carbons (Fsp3) is 0.355. The lowest BCUT2D eigenvalue weighted by molar-refractivity contribution is 0.511. The van der Waals surface area contributed by atoms with Gasteiger partial charge in [-0.05, 0) is 66.6 Å². The fourth-order valence-corrected chi connectivity index (χ4v) is 6.46. The van der Waals surface area contributed by atoms with Crippen molar-refractivity contribution in [2.24, 2.45) is 7.05 Å². The topological polar surface area (TPSA) is 67.1 Å². The molecule has 0 atom stereocenters. The van der Waals surface area contributed by atoms with Crippen molar-refractivity contribution in [2.75, 3.05) is 23.3 Å². The summed E-state index contributed by atoms with van der Waals surface area (Å²) in [4.78, 5) is 20.8. The minimum absolute atomic E-state index is 0.0534. The molecule has 3 aliphatic rings. The van der Waals surface area contributed by atoms with Crippen LogP contribution in [-0.2, 0) is 45.9 Å². The van der Waals surface area contributed by atoms with Crippen LogP contribution in [0.3, 0.4) is 0 Å². The molecule has 3 aromatic heterocycles. The molecule has 0 saturated heterocycles. The van der Waals surface area contributed by atoms with Crippen molar-refractivity contribution in [1.29, 1.82) is 0 Å². The lowest BCUT2D eigenvalue weighted by atomic mass is 9.99. The van der Waals surface area contributed by atoms with Gasteiger partial charge in [0, 0.05) is 69.0 Å². The molecule has 7 rings (SSSR count). The Kier molecular flexibility index (Phi) is 5.81. The third-order valence-electron chi connectivity index (χ3n) is 8.41. The number of nitrogens with one attached hydrogen (secondary N) is 2. The predicted molar refractivity (Wildman–Crippen MR) is 152 cm³/mol. The molecular weight excluding hydrogens is 472 g/mol. The Hall–Kier alpha value is -3.84. The molecular formula is C31H34N6O. The number of aryl methyl sites for hydroxylation is 2. The number of anilines is 3. The van der Waals surface area contributed by atoms with Crippen molar-refractivity contribution >= 4 is 17.2 Å². The maximum absolute atomic E-state index is 13.7. The number of hydrogen-bond acceptors (Lipinski definition) is 5. The summed E-state index contributed by atoms with van der Waals surface area (Å²) in [6, 6.07) is 14.8. The summed E-state index contributed by atoms with van der Waals surface area (Å²) in [5, 5.41) is 6.90. The Morgan fingerprint density at radius 2 is 1.87 bits per heavy atom. The predicted octanol–water partition coefficient (Wildman–Crippen LogP) is 4.54. The maximum Gasteiger partial charge on any atom is 0.274 e. The number of hydrogen-bond donors (Lipinski definition) is 2. The van der Waals surface area contributed by atoms with Crippen LogP contribution in [0.4, 0.5) is 17.2 Å². The molecule has 194 valence electrons. The molecule has 2 N–H and O–H groups in total. The Balaban J connectivity index is 1.33. The highest BCUT2D eigenvalue weighted by Gasteiger charge is 2.27. The highest BCUT2D eigenvalue weighted by molar-refractivity contribution is 5.90. The van der Waals surface area contributed by atoms with Crippen LogP contribution in [-0.4, -0.2) is 27.2 Å². The molecule has 6 heterocycles. The second-order valence-corrected chi connectivity index (χ2v) is 10.8. The zero-order chi connectivity index (χ0) is 25.6. The average molecular weight is 507 g/mol. The van der Waals surface area contributed by atoms with Crippen molar-refractivity contribution in [1.82, 2.24) is 19.4 Å². The molecule has 0 bridgehead atoms. The quantitative estimate of drug-likeness (QED) is 0.426. The summed E-state index contributed by atoms with van der Waals surface area (Å²) in [5.41, 5.74) is 10.5. The van der Waals surface area contributed by atoms with E-state index in [0.29, 0.717) is 11.5 Å². The van der Waals surface area contributed by atoms with Gasteiger partial charge < -0.3 is 24.7 Å². The Morgan fingerprint density at radius 3 is 2.76 bits per heavy atom. The van der Waals surface area contributed by atoms with Gasteiger partial charge in [-0.1, -0.05) is 30.3 Å². The highest BCUT2D eigenvalue weighted by atomic mass is 16.1. The first-order valence-corrected chi connectivity index (χ1v) is 13.9. The summed E-state index contributed by atoms with van der Waals surface area (Å²) in [5.74, 6) is 0.708. The van der Waals surface area contributed by atoms with E-state index in [4.69, 9.17) is 4.98 Å². The SMILES string of the molecule is Cn1cc(N2CCc3c(cc4n3CCCC4)C2)c(-c2ccccc2)c(Nc2cc3c(cn2)CCNC3)c1=O. The van der Waals surface area contributed by atoms with Crippen LogP contribution in [0.5, 0.6) is 0 Å². The van der Waals surface area contributed by atoms with Gasteiger partial charge in [-0.2, -0.15) is 0 Å². The molecule has 0 radical (unpaired) electrons. The molecule has 0 fully saturated rings. The second kappa shape index (κ2) is 9.48. The summed E-state index contributed by atoms with van der Waals surface area (Å²) in [6.45, 7) is 4.74. The third-order valence-corrected chi connectivity index (χ3v) is 8.41. The van der Waals surface area contributed by atoms with E-state index in [1.165, 1.54) is 47.3 Å². The van der Waals surface area contributed by atoms with E-state index in [1.807, 2.05) is 37.6 Å². The zero-order valence-electron chi connectivity index (χ0n) is 22.0. The molecule has 3 aliphatic heterocycles. The minimum Gasteiger partial charge on any atom is -0.365 e. The standard InChI is InChI=1S/C31H34N6O/c1-35-20-27(36-14-11-26-24(19-36)15-25-9-5-6-13-37(25)26)29(21-7-3-2-4-8-21)30(31(35)38)34-28-16-23-17-32-12-10-22(23)18-33-28/h2-4,7-8,15-16,18,20,32H,5-6,9-14,17,19H2,1H3,(H,33,34). The van der Waals surface area contributed by atoms with E-state index in [2.05, 4.69) is 44.4 Å². The fourth-order valence-electron chi connectivity index (χ4n) is 6.46. The van der Waals surface area contributed by atoms with Gasteiger partial charge in [0.2, 0.25) is 0 Å². The molecule has 0 amide bonds. The smallest absolute Gasteiger partial charge is 0.274 e. The van der Waals surface area contributed by atoms with Crippen LogP contribution in [0.15, 0.2) is 59.7 Å². The average Bonchev–Trinajstić information content (AvgIpc) is 3.33. The molecule has 7 nitrogen and oxygen atoms in total. The first-order chi connectivity index (χ1) is 18.7. The van der Waals surface area contributed by atoms with Gasteiger partial charge in [0.1, 0.15) is 11.5 Å². The van der Waals surface area contributed by atoms with Crippen LogP contribution in [0, 0.1) is 0 Å². The molecule has 7 heteroatoms. The normalized spacial score (nSPS) is 16.5. The lowest BCUT2D eigenvalue weighted by Crippen LogP contribution is -2.33. The Labute approximate surface area is 223 Å². The van der Waals surface area contributed by atoms with Gasteiger partial charge in [-0.15, -0.1) is 0 Å². The number of fused-ring (bicyclic) bond motifs is 4. The molecule has 38 heavy (non-hydrogen) atoms. The number of rotatable bonds is 4. The lowest BCUT2D eigenvalue weighted by Gasteiger charge is -2.33. The molecule has 0 saturated carbocycles. The third kappa shape index (κ3) is 4.02. The molecule has 1 aromatic carbocycles. The first kappa shape index (κ1) is 23.3. The molecule has 0 unspecified atom stereocenters. The summed E-state index contributed by atoms with van der Waals surface area (Å²) in [7, 11) is 1.85. The van der Waals surface area contributed by atoms with Crippen molar-refractivity contribution in [2.45, 2.75) is 51.7 Å². The van der Waals surface area contributed by atoms with E-state index in [0.717, 1.165) is 62.4 Å². The zero-order valence-corrected chi connectivity index (χ0v) is 22.0. The maximum atomic E-state index is 13.7. The van der Waals surface area contributed by atoms with Crippen LogP contribution in [0.1, 0.15) is 40.9 Å². The largest absolute Gasteiger partial charge is 0.365 e. The van der Waals surface area contributed by atoms with E-state index < -0.39 is 0 Å². The van der Waals surface area contributed by atoms with Crippen molar-refractivity contribution in [3.63, 3.8) is 0 Å². The van der Waals surface area contributed by atoms with Crippen molar-refractivity contribution in [3.05, 3.63) is 93.3 Å². The Bertz CT molecular complexity index is 1570. The van der Waals surface area contributed by atoms with E-state index in [9.17, 15) is 4.79 Å². The highest BCUT2D eigenvalue weighted by Crippen LogP contribution is 2.39. The van der Waals surface area contributed by atoms with E-state index >= 15 is 0 Å². The van der Waals surface area contributed by atoms with E-state index in [1.54, 1.807) is 4.57 Å². The van der Waals surface area contributed by atoms with Gasteiger partial charge in [-0.3, -0.25) is 4.79 Å². The summed E-state index contributed by atoms with van der Waals surface area (Å²) in [6.07, 6.45) is 9.71. The van der Waals surface area contributed by atoms with Gasteiger partial charge in [0.25, 0.3) is 5.56 Å². The van der Waals surface area contributed by atoms with Gasteiger partial charge in [-0.25, -0.2) is 4.98 Å². The number of benzene rings is 1. The van der Waals surface area contributed by atoms with Crippen LogP contribution >= 0.6 is 0 Å². The molecule has 0 aliphatic carbocycles. The van der Waals surface area contributed by atoms with E-state index in [-0.39, 0.29) is 5.56 Å². The number of aromatic nitrogens is 3. The van der Waals surface area contributed by atoms with Crippen LogP contribution in [0.2, 0.25) is 0 Å². The summed E-state index contributed by atoms with van der Waals surface area (Å²) >= 11 is 0. The van der Waals surface area contributed by atoms with Crippen molar-refractivity contribution in [3.8, 4) is 11.1 Å². The molecule has 4 aromatic rings. The van der Waals surface area contributed by atoms with Crippen LogP contribution < -0.4 is 21.1 Å². The van der Waals surface area contributed by atoms with Gasteiger partial charge in [0.05, 0.1) is 5.69 Å². The summed E-state index contributed by atoms with van der Waals surface area (Å²) < 4.78 is 4.28. The van der Waals surface area contributed by atoms with Gasteiger partial charge >= 0.3 is 0 Å². The first-order valence-electron chi connectivity index (χ1n) is 13.9. The van der Waals surface area contributed by atoms with Gasteiger partial charge in [0.15, 0.2) is 0 Å². The van der Waals surface area contributed by atoms with Crippen molar-refractivity contribution < 1.29 is 0 Å². The number of nitrogens with zero attached hydrogens (tertiary/aromatic N) is 4. The monoisotopic (exact) mass is 506 g/mol. The Morgan fingerprint density at radius 1 is 0.974 bits per heavy atom. The number of pyridine rings is 2. The van der Waals surface area contributed by atoms with Crippen LogP contribution in [0.25, 0.3) is 11.1 Å².